The van der Waals surface area contributed by atoms with Crippen LogP contribution in [0.5, 0.6) is 5.75 Å². The molecule has 0 spiro atoms. The zero-order valence-corrected chi connectivity index (χ0v) is 13.2. The Morgan fingerprint density at radius 3 is 2.81 bits per heavy atom. The predicted octanol–water partition coefficient (Wildman–Crippen LogP) is 3.22. The summed E-state index contributed by atoms with van der Waals surface area (Å²) in [6.45, 7) is 6.89. The van der Waals surface area contributed by atoms with Crippen molar-refractivity contribution in [2.75, 3.05) is 12.3 Å². The van der Waals surface area contributed by atoms with Crippen LogP contribution in [0.4, 0.5) is 5.69 Å². The average molecular weight is 290 g/mol. The number of carbonyl (C=O) groups is 1. The van der Waals surface area contributed by atoms with E-state index in [0.29, 0.717) is 29.5 Å². The van der Waals surface area contributed by atoms with E-state index in [1.165, 1.54) is 0 Å². The number of rotatable bonds is 4. The molecule has 4 nitrogen and oxygen atoms in total. The lowest BCUT2D eigenvalue weighted by molar-refractivity contribution is 0.0897. The molecule has 1 aromatic rings. The van der Waals surface area contributed by atoms with E-state index >= 15 is 0 Å². The molecule has 0 aromatic heterocycles. The van der Waals surface area contributed by atoms with Crippen molar-refractivity contribution in [3.05, 3.63) is 23.8 Å². The lowest BCUT2D eigenvalue weighted by Crippen LogP contribution is -2.42. The number of amides is 1. The van der Waals surface area contributed by atoms with Crippen molar-refractivity contribution in [2.24, 2.45) is 11.8 Å². The van der Waals surface area contributed by atoms with Crippen molar-refractivity contribution in [1.82, 2.24) is 5.32 Å². The average Bonchev–Trinajstić information content (AvgIpc) is 2.42. The molecule has 3 N–H and O–H groups in total. The summed E-state index contributed by atoms with van der Waals surface area (Å²) in [5.74, 6) is 1.68. The van der Waals surface area contributed by atoms with Gasteiger partial charge < -0.3 is 15.8 Å². The molecule has 0 radical (unpaired) electrons. The van der Waals surface area contributed by atoms with Crippen LogP contribution < -0.4 is 15.8 Å². The quantitative estimate of drug-likeness (QED) is 0.837. The van der Waals surface area contributed by atoms with Gasteiger partial charge in [-0.05, 0) is 50.2 Å². The van der Waals surface area contributed by atoms with Gasteiger partial charge in [-0.2, -0.15) is 0 Å². The van der Waals surface area contributed by atoms with Gasteiger partial charge in [0, 0.05) is 11.7 Å². The van der Waals surface area contributed by atoms with Crippen LogP contribution in [0.15, 0.2) is 18.2 Å². The molecular weight excluding hydrogens is 264 g/mol. The normalized spacial score (nSPS) is 25.4. The Kier molecular flexibility index (Phi) is 5.10. The second kappa shape index (κ2) is 6.83. The number of benzene rings is 1. The molecule has 4 heteroatoms. The van der Waals surface area contributed by atoms with E-state index in [0.717, 1.165) is 25.2 Å². The molecule has 0 saturated heterocycles. The third-order valence-corrected chi connectivity index (χ3v) is 4.33. The number of anilines is 1. The lowest BCUT2D eigenvalue weighted by Gasteiger charge is -2.33. The Hall–Kier alpha value is -1.71. The minimum absolute atomic E-state index is 0.122. The number of nitrogens with one attached hydrogen (secondary N) is 1. The van der Waals surface area contributed by atoms with Crippen LogP contribution in [0, 0.1) is 11.8 Å². The van der Waals surface area contributed by atoms with E-state index in [1.807, 2.05) is 13.0 Å². The van der Waals surface area contributed by atoms with Crippen molar-refractivity contribution in [2.45, 2.75) is 46.1 Å². The number of hydrogen-bond donors (Lipinski definition) is 2. The van der Waals surface area contributed by atoms with Crippen molar-refractivity contribution in [3.8, 4) is 5.75 Å². The van der Waals surface area contributed by atoms with E-state index in [1.54, 1.807) is 12.1 Å². The molecule has 1 aromatic carbocycles. The van der Waals surface area contributed by atoms with Gasteiger partial charge in [0.1, 0.15) is 11.3 Å². The van der Waals surface area contributed by atoms with Crippen LogP contribution in [0.2, 0.25) is 0 Å². The summed E-state index contributed by atoms with van der Waals surface area (Å²) in [4.78, 5) is 12.6. The maximum Gasteiger partial charge on any atom is 0.257 e. The smallest absolute Gasteiger partial charge is 0.257 e. The predicted molar refractivity (Wildman–Crippen MR) is 85.5 cm³/mol. The Morgan fingerprint density at radius 2 is 2.14 bits per heavy atom. The minimum Gasteiger partial charge on any atom is -0.493 e. The van der Waals surface area contributed by atoms with Crippen LogP contribution in [-0.2, 0) is 0 Å². The zero-order valence-electron chi connectivity index (χ0n) is 13.2. The summed E-state index contributed by atoms with van der Waals surface area (Å²) in [5, 5.41) is 3.15. The summed E-state index contributed by atoms with van der Waals surface area (Å²) >= 11 is 0. The van der Waals surface area contributed by atoms with Gasteiger partial charge in [0.25, 0.3) is 5.91 Å². The molecule has 21 heavy (non-hydrogen) atoms. The van der Waals surface area contributed by atoms with E-state index < -0.39 is 0 Å². The second-order valence-corrected chi connectivity index (χ2v) is 6.13. The molecule has 0 heterocycles. The van der Waals surface area contributed by atoms with E-state index in [-0.39, 0.29) is 11.9 Å². The summed E-state index contributed by atoms with van der Waals surface area (Å²) in [6, 6.07) is 5.57. The van der Waals surface area contributed by atoms with Gasteiger partial charge in [-0.15, -0.1) is 0 Å². The summed E-state index contributed by atoms with van der Waals surface area (Å²) in [7, 11) is 0. The van der Waals surface area contributed by atoms with Crippen LogP contribution in [-0.4, -0.2) is 18.6 Å². The van der Waals surface area contributed by atoms with E-state index in [4.69, 9.17) is 10.5 Å². The van der Waals surface area contributed by atoms with Crippen LogP contribution >= 0.6 is 0 Å². The maximum atomic E-state index is 12.6. The molecule has 1 amide bonds. The minimum atomic E-state index is -0.122. The molecule has 1 aliphatic rings. The highest BCUT2D eigenvalue weighted by atomic mass is 16.5. The Labute approximate surface area is 127 Å². The standard InChI is InChI=1S/C17H26N2O2/c1-4-21-15-7-5-6-13(18)16(15)17(20)19-14-9-8-11(2)10-12(14)3/h5-7,11-12,14H,4,8-10,18H2,1-3H3,(H,19,20). The highest BCUT2D eigenvalue weighted by molar-refractivity contribution is 6.02. The van der Waals surface area contributed by atoms with Crippen molar-refractivity contribution >= 4 is 11.6 Å². The van der Waals surface area contributed by atoms with Crippen molar-refractivity contribution < 1.29 is 9.53 Å². The Morgan fingerprint density at radius 1 is 1.38 bits per heavy atom. The molecular formula is C17H26N2O2. The maximum absolute atomic E-state index is 12.6. The fourth-order valence-corrected chi connectivity index (χ4v) is 3.19. The summed E-state index contributed by atoms with van der Waals surface area (Å²) in [6.07, 6.45) is 3.36. The number of ether oxygens (including phenoxy) is 1. The first-order valence-corrected chi connectivity index (χ1v) is 7.85. The second-order valence-electron chi connectivity index (χ2n) is 6.13. The third-order valence-electron chi connectivity index (χ3n) is 4.33. The van der Waals surface area contributed by atoms with Crippen molar-refractivity contribution in [1.29, 1.82) is 0 Å². The molecule has 1 fully saturated rings. The van der Waals surface area contributed by atoms with Gasteiger partial charge in [0.05, 0.1) is 6.61 Å². The molecule has 0 aliphatic heterocycles. The van der Waals surface area contributed by atoms with Crippen molar-refractivity contribution in [3.63, 3.8) is 0 Å². The number of nitrogen functional groups attached to an aromatic ring is 1. The monoisotopic (exact) mass is 290 g/mol. The highest BCUT2D eigenvalue weighted by Gasteiger charge is 2.28. The first kappa shape index (κ1) is 15.7. The van der Waals surface area contributed by atoms with Crippen LogP contribution in [0.1, 0.15) is 50.4 Å². The van der Waals surface area contributed by atoms with Gasteiger partial charge in [-0.3, -0.25) is 4.79 Å². The van der Waals surface area contributed by atoms with E-state index in [9.17, 15) is 4.79 Å². The zero-order chi connectivity index (χ0) is 15.4. The van der Waals surface area contributed by atoms with Crippen LogP contribution in [0.25, 0.3) is 0 Å². The molecule has 3 unspecified atom stereocenters. The molecule has 3 atom stereocenters. The van der Waals surface area contributed by atoms with Gasteiger partial charge in [0.15, 0.2) is 0 Å². The van der Waals surface area contributed by atoms with E-state index in [2.05, 4.69) is 19.2 Å². The lowest BCUT2D eigenvalue weighted by atomic mass is 9.80. The molecule has 0 bridgehead atoms. The summed E-state index contributed by atoms with van der Waals surface area (Å²) < 4.78 is 5.53. The van der Waals surface area contributed by atoms with Crippen LogP contribution in [0.3, 0.4) is 0 Å². The van der Waals surface area contributed by atoms with Gasteiger partial charge >= 0.3 is 0 Å². The van der Waals surface area contributed by atoms with Gasteiger partial charge in [0.2, 0.25) is 0 Å². The number of hydrogen-bond acceptors (Lipinski definition) is 3. The first-order chi connectivity index (χ1) is 10.0. The first-order valence-electron chi connectivity index (χ1n) is 7.85. The topological polar surface area (TPSA) is 64.3 Å². The molecule has 1 aliphatic carbocycles. The largest absolute Gasteiger partial charge is 0.493 e. The number of carbonyl (C=O) groups excluding carboxylic acids is 1. The molecule has 2 rings (SSSR count). The Bertz CT molecular complexity index is 502. The molecule has 116 valence electrons. The molecule has 1 saturated carbocycles. The fourth-order valence-electron chi connectivity index (χ4n) is 3.19. The Balaban J connectivity index is 2.13. The van der Waals surface area contributed by atoms with Gasteiger partial charge in [-0.25, -0.2) is 0 Å². The SMILES string of the molecule is CCOc1cccc(N)c1C(=O)NC1CCC(C)CC1C. The summed E-state index contributed by atoms with van der Waals surface area (Å²) in [5.41, 5.74) is 6.90. The highest BCUT2D eigenvalue weighted by Crippen LogP contribution is 2.30. The van der Waals surface area contributed by atoms with Gasteiger partial charge in [-0.1, -0.05) is 19.9 Å². The third kappa shape index (κ3) is 3.69. The number of nitrogens with two attached hydrogens (primary N) is 1. The fraction of sp³-hybridized carbons (Fsp3) is 0.588.